The fraction of sp³-hybridized carbons (Fsp3) is 0.577. The van der Waals surface area contributed by atoms with Crippen molar-refractivity contribution in [2.24, 2.45) is 17.8 Å². The fourth-order valence-electron chi connectivity index (χ4n) is 4.21. The van der Waals surface area contributed by atoms with Crippen LogP contribution in [0.1, 0.15) is 51.5 Å². The summed E-state index contributed by atoms with van der Waals surface area (Å²) < 4.78 is 5.24. The van der Waals surface area contributed by atoms with Crippen LogP contribution in [0.25, 0.3) is 0 Å². The molecule has 0 bridgehead atoms. The molecule has 2 aliphatic rings. The van der Waals surface area contributed by atoms with Gasteiger partial charge in [-0.3, -0.25) is 14.4 Å². The highest BCUT2D eigenvalue weighted by Crippen LogP contribution is 2.33. The fourth-order valence-corrected chi connectivity index (χ4v) is 4.21. The Morgan fingerprint density at radius 1 is 1.03 bits per heavy atom. The van der Waals surface area contributed by atoms with Crippen molar-refractivity contribution in [2.45, 2.75) is 70.7 Å². The zero-order valence-corrected chi connectivity index (χ0v) is 20.8. The first kappa shape index (κ1) is 27.2. The van der Waals surface area contributed by atoms with E-state index in [9.17, 15) is 24.0 Å². The molecule has 1 saturated carbocycles. The van der Waals surface area contributed by atoms with E-state index in [1.165, 1.54) is 0 Å². The number of hydrogen-bond acceptors (Lipinski definition) is 6. The van der Waals surface area contributed by atoms with E-state index in [2.05, 4.69) is 21.3 Å². The van der Waals surface area contributed by atoms with E-state index in [1.54, 1.807) is 13.8 Å². The van der Waals surface area contributed by atoms with Gasteiger partial charge >= 0.3 is 6.09 Å². The Morgan fingerprint density at radius 3 is 2.33 bits per heavy atom. The van der Waals surface area contributed by atoms with Crippen molar-refractivity contribution in [1.82, 2.24) is 21.3 Å². The van der Waals surface area contributed by atoms with E-state index in [0.29, 0.717) is 31.6 Å². The van der Waals surface area contributed by atoms with Crippen LogP contribution in [0, 0.1) is 17.8 Å². The minimum absolute atomic E-state index is 0.0674. The Kier molecular flexibility index (Phi) is 9.84. The van der Waals surface area contributed by atoms with Gasteiger partial charge in [0, 0.05) is 12.5 Å². The Bertz CT molecular complexity index is 934. The number of benzene rings is 1. The molecule has 4 atom stereocenters. The lowest BCUT2D eigenvalue weighted by Gasteiger charge is -2.26. The molecular weight excluding hydrogens is 464 g/mol. The van der Waals surface area contributed by atoms with Crippen LogP contribution in [-0.2, 0) is 30.5 Å². The highest BCUT2D eigenvalue weighted by atomic mass is 16.5. The Balaban J connectivity index is 1.57. The van der Waals surface area contributed by atoms with Gasteiger partial charge in [-0.2, -0.15) is 0 Å². The van der Waals surface area contributed by atoms with E-state index in [0.717, 1.165) is 18.4 Å². The number of rotatable bonds is 13. The maximum absolute atomic E-state index is 13.1. The quantitative estimate of drug-likeness (QED) is 0.302. The Labute approximate surface area is 211 Å². The van der Waals surface area contributed by atoms with Crippen LogP contribution in [0.5, 0.6) is 0 Å². The monoisotopic (exact) mass is 500 g/mol. The largest absolute Gasteiger partial charge is 0.445 e. The molecule has 0 radical (unpaired) electrons. The van der Waals surface area contributed by atoms with Crippen molar-refractivity contribution >= 4 is 30.1 Å². The highest BCUT2D eigenvalue weighted by molar-refractivity contribution is 5.92. The smallest absolute Gasteiger partial charge is 0.408 e. The molecule has 1 heterocycles. The van der Waals surface area contributed by atoms with Crippen LogP contribution < -0.4 is 21.3 Å². The van der Waals surface area contributed by atoms with Crippen LogP contribution in [0.3, 0.4) is 0 Å². The number of aldehydes is 1. The minimum Gasteiger partial charge on any atom is -0.445 e. The van der Waals surface area contributed by atoms with Gasteiger partial charge in [-0.05, 0) is 36.7 Å². The van der Waals surface area contributed by atoms with Crippen molar-refractivity contribution in [2.75, 3.05) is 6.54 Å². The summed E-state index contributed by atoms with van der Waals surface area (Å²) in [5, 5.41) is 10.8. The zero-order valence-electron chi connectivity index (χ0n) is 20.8. The lowest BCUT2D eigenvalue weighted by Crippen LogP contribution is -2.56. The normalized spacial score (nSPS) is 19.5. The first-order chi connectivity index (χ1) is 17.3. The number of alkyl carbamates (subject to hydrolysis) is 1. The second kappa shape index (κ2) is 13.0. The van der Waals surface area contributed by atoms with E-state index in [-0.39, 0.29) is 30.8 Å². The topological polar surface area (TPSA) is 143 Å². The number of amides is 4. The Morgan fingerprint density at radius 2 is 1.75 bits per heavy atom. The van der Waals surface area contributed by atoms with Gasteiger partial charge in [-0.15, -0.1) is 0 Å². The molecule has 1 saturated heterocycles. The Hall–Kier alpha value is -3.43. The van der Waals surface area contributed by atoms with Gasteiger partial charge in [0.2, 0.25) is 17.7 Å². The first-order valence-corrected chi connectivity index (χ1v) is 12.6. The third-order valence-electron chi connectivity index (χ3n) is 6.53. The predicted molar refractivity (Wildman–Crippen MR) is 131 cm³/mol. The second-order valence-electron chi connectivity index (χ2n) is 9.93. The van der Waals surface area contributed by atoms with Gasteiger partial charge in [-0.25, -0.2) is 4.79 Å². The number of carbonyl (C=O) groups excluding carboxylic acids is 5. The molecule has 4 amide bonds. The van der Waals surface area contributed by atoms with Gasteiger partial charge < -0.3 is 30.8 Å². The van der Waals surface area contributed by atoms with Crippen LogP contribution in [-0.4, -0.2) is 54.8 Å². The van der Waals surface area contributed by atoms with E-state index in [1.807, 2.05) is 30.3 Å². The molecule has 4 N–H and O–H groups in total. The highest BCUT2D eigenvalue weighted by Gasteiger charge is 2.35. The van der Waals surface area contributed by atoms with E-state index < -0.39 is 36.0 Å². The molecule has 10 heteroatoms. The molecule has 1 aliphatic carbocycles. The van der Waals surface area contributed by atoms with Crippen LogP contribution in [0.4, 0.5) is 4.79 Å². The standard InChI is InChI=1S/C26H36N4O6/c1-16(2)22(30-26(35)36-15-18-6-4-3-5-7-18)25(34)29-21(12-17-8-9-17)24(33)28-20(14-31)13-19-10-11-27-23(19)32/h3-7,14,16-17,19-22H,8-13,15H2,1-2H3,(H,27,32)(H,28,33)(H,29,34)(H,30,35)/t19-,20-,21-,22?/m0/s1. The number of hydrogen-bond donors (Lipinski definition) is 4. The average molecular weight is 501 g/mol. The van der Waals surface area contributed by atoms with Crippen LogP contribution >= 0.6 is 0 Å². The summed E-state index contributed by atoms with van der Waals surface area (Å²) in [5.41, 5.74) is 0.819. The van der Waals surface area contributed by atoms with Crippen molar-refractivity contribution in [3.63, 3.8) is 0 Å². The van der Waals surface area contributed by atoms with E-state index in [4.69, 9.17) is 4.74 Å². The lowest BCUT2D eigenvalue weighted by molar-refractivity contribution is -0.132. The van der Waals surface area contributed by atoms with Gasteiger partial charge in [0.1, 0.15) is 25.0 Å². The summed E-state index contributed by atoms with van der Waals surface area (Å²) in [6.07, 6.45) is 3.11. The van der Waals surface area contributed by atoms with Crippen molar-refractivity contribution in [1.29, 1.82) is 0 Å². The molecule has 1 unspecified atom stereocenters. The molecule has 3 rings (SSSR count). The summed E-state index contributed by atoms with van der Waals surface area (Å²) in [6.45, 7) is 4.19. The average Bonchev–Trinajstić information content (AvgIpc) is 3.59. The summed E-state index contributed by atoms with van der Waals surface area (Å²) in [5.74, 6) is -1.36. The molecule has 1 aromatic carbocycles. The van der Waals surface area contributed by atoms with Gasteiger partial charge in [0.05, 0.1) is 6.04 Å². The predicted octanol–water partition coefficient (Wildman–Crippen LogP) is 1.43. The van der Waals surface area contributed by atoms with Gasteiger partial charge in [0.25, 0.3) is 0 Å². The van der Waals surface area contributed by atoms with Gasteiger partial charge in [-0.1, -0.05) is 57.0 Å². The molecule has 1 aliphatic heterocycles. The SMILES string of the molecule is CC(C)C(NC(=O)OCc1ccccc1)C(=O)N[C@@H](CC1CC1)C(=O)N[C@H](C=O)C[C@@H]1CCNC1=O. The summed E-state index contributed by atoms with van der Waals surface area (Å²) >= 11 is 0. The van der Waals surface area contributed by atoms with E-state index >= 15 is 0 Å². The van der Waals surface area contributed by atoms with Crippen molar-refractivity contribution in [3.05, 3.63) is 35.9 Å². The molecule has 0 spiro atoms. The molecule has 36 heavy (non-hydrogen) atoms. The minimum atomic E-state index is -0.910. The second-order valence-corrected chi connectivity index (χ2v) is 9.93. The molecule has 196 valence electrons. The first-order valence-electron chi connectivity index (χ1n) is 12.6. The molecule has 2 fully saturated rings. The van der Waals surface area contributed by atoms with Crippen molar-refractivity contribution < 1.29 is 28.7 Å². The maximum Gasteiger partial charge on any atom is 0.408 e. The van der Waals surface area contributed by atoms with Crippen LogP contribution in [0.2, 0.25) is 0 Å². The maximum atomic E-state index is 13.1. The summed E-state index contributed by atoms with van der Waals surface area (Å²) in [7, 11) is 0. The summed E-state index contributed by atoms with van der Waals surface area (Å²) in [6, 6.07) is 6.60. The third kappa shape index (κ3) is 8.35. The van der Waals surface area contributed by atoms with Crippen molar-refractivity contribution in [3.8, 4) is 0 Å². The zero-order chi connectivity index (χ0) is 26.1. The van der Waals surface area contributed by atoms with Crippen LogP contribution in [0.15, 0.2) is 30.3 Å². The number of nitrogens with one attached hydrogen (secondary N) is 4. The summed E-state index contributed by atoms with van der Waals surface area (Å²) in [4.78, 5) is 62.0. The van der Waals surface area contributed by atoms with Gasteiger partial charge in [0.15, 0.2) is 0 Å². The third-order valence-corrected chi connectivity index (χ3v) is 6.53. The molecule has 0 aromatic heterocycles. The lowest BCUT2D eigenvalue weighted by atomic mass is 9.98. The molecule has 10 nitrogen and oxygen atoms in total. The number of carbonyl (C=O) groups is 5. The molecular formula is C26H36N4O6. The molecule has 1 aromatic rings. The number of ether oxygens (including phenoxy) is 1.